The number of Topliss-reactive ketones (excluding diaryl/α,β-unsaturated/α-hetero) is 1. The van der Waals surface area contributed by atoms with Crippen LogP contribution < -0.4 is 0 Å². The Morgan fingerprint density at radius 2 is 1.80 bits per heavy atom. The molecule has 0 saturated heterocycles. The number of aromatic nitrogens is 1. The first-order valence-electron chi connectivity index (χ1n) is 8.53. The van der Waals surface area contributed by atoms with Crippen LogP contribution in [0.3, 0.4) is 0 Å². The van der Waals surface area contributed by atoms with Crippen LogP contribution in [0.15, 0.2) is 72.2 Å². The molecule has 4 aromatic rings. The molecule has 2 aromatic carbocycles. The minimum absolute atomic E-state index is 0.243. The smallest absolute Gasteiger partial charge is 0.172 e. The molecular formula is C22H19NOS. The minimum atomic E-state index is 0.243. The van der Waals surface area contributed by atoms with Gasteiger partial charge >= 0.3 is 0 Å². The lowest BCUT2D eigenvalue weighted by molar-refractivity contribution is 0.0984. The highest BCUT2D eigenvalue weighted by atomic mass is 32.1. The summed E-state index contributed by atoms with van der Waals surface area (Å²) in [4.78, 5) is 16.6. The van der Waals surface area contributed by atoms with E-state index in [4.69, 9.17) is 0 Å². The first kappa shape index (κ1) is 15.9. The van der Waals surface area contributed by atoms with E-state index in [-0.39, 0.29) is 5.78 Å². The van der Waals surface area contributed by atoms with Gasteiger partial charge in [0.15, 0.2) is 5.78 Å². The van der Waals surface area contributed by atoms with Gasteiger partial charge in [-0.1, -0.05) is 48.5 Å². The molecule has 0 unspecified atom stereocenters. The van der Waals surface area contributed by atoms with Gasteiger partial charge in [0.05, 0.1) is 4.88 Å². The minimum Gasteiger partial charge on any atom is -0.361 e. The number of aromatic amines is 1. The number of hydrogen-bond acceptors (Lipinski definition) is 2. The fourth-order valence-electron chi connectivity index (χ4n) is 3.15. The second-order valence-corrected chi connectivity index (χ2v) is 7.12. The first-order chi connectivity index (χ1) is 12.3. The molecular weight excluding hydrogens is 326 g/mol. The molecule has 0 spiro atoms. The Morgan fingerprint density at radius 1 is 1.00 bits per heavy atom. The largest absolute Gasteiger partial charge is 0.361 e. The van der Waals surface area contributed by atoms with E-state index in [2.05, 4.69) is 34.6 Å². The van der Waals surface area contributed by atoms with E-state index >= 15 is 0 Å². The molecule has 0 fully saturated rings. The Morgan fingerprint density at radius 3 is 2.68 bits per heavy atom. The molecule has 0 aliphatic rings. The van der Waals surface area contributed by atoms with Gasteiger partial charge in [-0.3, -0.25) is 4.79 Å². The summed E-state index contributed by atoms with van der Waals surface area (Å²) in [5.74, 6) is 0.243. The summed E-state index contributed by atoms with van der Waals surface area (Å²) in [5, 5.41) is 3.28. The van der Waals surface area contributed by atoms with E-state index in [0.717, 1.165) is 34.4 Å². The third kappa shape index (κ3) is 3.42. The SMILES string of the molecule is O=C(CCCc1ccccc1)c1cc(-c2c[nH]c3ccccc23)cs1. The van der Waals surface area contributed by atoms with E-state index < -0.39 is 0 Å². The molecule has 0 aliphatic heterocycles. The molecule has 0 atom stereocenters. The van der Waals surface area contributed by atoms with Crippen molar-refractivity contribution in [3.05, 3.63) is 82.7 Å². The van der Waals surface area contributed by atoms with Crippen molar-refractivity contribution >= 4 is 28.0 Å². The summed E-state index contributed by atoms with van der Waals surface area (Å²) in [6.45, 7) is 0. The highest BCUT2D eigenvalue weighted by Gasteiger charge is 2.12. The average molecular weight is 345 g/mol. The number of para-hydroxylation sites is 1. The van der Waals surface area contributed by atoms with Gasteiger partial charge in [-0.05, 0) is 41.5 Å². The van der Waals surface area contributed by atoms with Crippen LogP contribution in [0.4, 0.5) is 0 Å². The Bertz CT molecular complexity index is 997. The highest BCUT2D eigenvalue weighted by Crippen LogP contribution is 2.32. The first-order valence-corrected chi connectivity index (χ1v) is 9.41. The van der Waals surface area contributed by atoms with E-state index in [1.54, 1.807) is 11.3 Å². The van der Waals surface area contributed by atoms with Crippen molar-refractivity contribution in [2.24, 2.45) is 0 Å². The third-order valence-corrected chi connectivity index (χ3v) is 5.46. The van der Waals surface area contributed by atoms with Gasteiger partial charge in [-0.2, -0.15) is 0 Å². The fourth-order valence-corrected chi connectivity index (χ4v) is 4.03. The zero-order chi connectivity index (χ0) is 17.1. The lowest BCUT2D eigenvalue weighted by Crippen LogP contribution is -1.97. The number of rotatable bonds is 6. The molecule has 4 rings (SSSR count). The molecule has 1 N–H and O–H groups in total. The molecule has 0 saturated carbocycles. The predicted octanol–water partition coefficient (Wildman–Crippen LogP) is 6.10. The van der Waals surface area contributed by atoms with Crippen LogP contribution in [0, 0.1) is 0 Å². The van der Waals surface area contributed by atoms with Crippen LogP contribution in [0.2, 0.25) is 0 Å². The van der Waals surface area contributed by atoms with Crippen LogP contribution >= 0.6 is 11.3 Å². The summed E-state index contributed by atoms with van der Waals surface area (Å²) in [6.07, 6.45) is 4.47. The van der Waals surface area contributed by atoms with Crippen molar-refractivity contribution in [3.63, 3.8) is 0 Å². The summed E-state index contributed by atoms with van der Waals surface area (Å²) >= 11 is 1.55. The third-order valence-electron chi connectivity index (χ3n) is 4.49. The summed E-state index contributed by atoms with van der Waals surface area (Å²) in [6, 6.07) is 20.6. The van der Waals surface area contributed by atoms with Gasteiger partial charge in [-0.15, -0.1) is 11.3 Å². The molecule has 124 valence electrons. The predicted molar refractivity (Wildman–Crippen MR) is 105 cm³/mol. The Balaban J connectivity index is 1.45. The van der Waals surface area contributed by atoms with Crippen molar-refractivity contribution in [2.75, 3.05) is 0 Å². The number of hydrogen-bond donors (Lipinski definition) is 1. The maximum atomic E-state index is 12.5. The van der Waals surface area contributed by atoms with Crippen LogP contribution in [0.25, 0.3) is 22.0 Å². The Labute approximate surface area is 151 Å². The number of ketones is 1. The van der Waals surface area contributed by atoms with Crippen molar-refractivity contribution < 1.29 is 4.79 Å². The molecule has 2 aromatic heterocycles. The number of nitrogens with one attached hydrogen (secondary N) is 1. The van der Waals surface area contributed by atoms with E-state index in [1.165, 1.54) is 10.9 Å². The second kappa shape index (κ2) is 7.08. The van der Waals surface area contributed by atoms with Crippen LogP contribution in [0.1, 0.15) is 28.1 Å². The molecule has 0 radical (unpaired) electrons. The molecule has 2 heterocycles. The quantitative estimate of drug-likeness (QED) is 0.421. The number of benzene rings is 2. The van der Waals surface area contributed by atoms with Crippen LogP contribution in [-0.4, -0.2) is 10.8 Å². The molecule has 3 heteroatoms. The number of H-pyrrole nitrogens is 1. The second-order valence-electron chi connectivity index (χ2n) is 6.21. The van der Waals surface area contributed by atoms with Gasteiger partial charge in [0.25, 0.3) is 0 Å². The molecule has 2 nitrogen and oxygen atoms in total. The van der Waals surface area contributed by atoms with Crippen molar-refractivity contribution in [1.82, 2.24) is 4.98 Å². The van der Waals surface area contributed by atoms with Gasteiger partial charge < -0.3 is 4.98 Å². The lowest BCUT2D eigenvalue weighted by Gasteiger charge is -2.00. The monoisotopic (exact) mass is 345 g/mol. The summed E-state index contributed by atoms with van der Waals surface area (Å²) < 4.78 is 0. The van der Waals surface area contributed by atoms with E-state index in [9.17, 15) is 4.79 Å². The maximum Gasteiger partial charge on any atom is 0.172 e. The Kier molecular flexibility index (Phi) is 4.49. The van der Waals surface area contributed by atoms with E-state index in [0.29, 0.717) is 6.42 Å². The maximum absolute atomic E-state index is 12.5. The standard InChI is InChI=1S/C22H19NOS/c24-21(12-6-9-16-7-2-1-3-8-16)22-13-17(15-25-22)19-14-23-20-11-5-4-10-18(19)20/h1-5,7-8,10-11,13-15,23H,6,9,12H2. The number of fused-ring (bicyclic) bond motifs is 1. The lowest BCUT2D eigenvalue weighted by atomic mass is 10.0. The van der Waals surface area contributed by atoms with Gasteiger partial charge in [0.2, 0.25) is 0 Å². The zero-order valence-corrected chi connectivity index (χ0v) is 14.7. The van der Waals surface area contributed by atoms with Crippen molar-refractivity contribution in [1.29, 1.82) is 0 Å². The van der Waals surface area contributed by atoms with Gasteiger partial charge in [0.1, 0.15) is 0 Å². The topological polar surface area (TPSA) is 32.9 Å². The normalized spacial score (nSPS) is 11.0. The van der Waals surface area contributed by atoms with Gasteiger partial charge in [0, 0.05) is 29.1 Å². The summed E-state index contributed by atoms with van der Waals surface area (Å²) in [7, 11) is 0. The van der Waals surface area contributed by atoms with Crippen LogP contribution in [0.5, 0.6) is 0 Å². The number of carbonyl (C=O) groups excluding carboxylic acids is 1. The fraction of sp³-hybridized carbons (Fsp3) is 0.136. The van der Waals surface area contributed by atoms with Crippen LogP contribution in [-0.2, 0) is 6.42 Å². The van der Waals surface area contributed by atoms with E-state index in [1.807, 2.05) is 42.6 Å². The molecule has 0 amide bonds. The Hall–Kier alpha value is -2.65. The number of thiophene rings is 1. The van der Waals surface area contributed by atoms with Crippen molar-refractivity contribution in [3.8, 4) is 11.1 Å². The highest BCUT2D eigenvalue weighted by molar-refractivity contribution is 7.12. The summed E-state index contributed by atoms with van der Waals surface area (Å²) in [5.41, 5.74) is 4.70. The molecule has 0 aliphatic carbocycles. The number of carbonyl (C=O) groups is 1. The average Bonchev–Trinajstić information content (AvgIpc) is 3.29. The van der Waals surface area contributed by atoms with Crippen molar-refractivity contribution in [2.45, 2.75) is 19.3 Å². The number of aryl methyl sites for hydroxylation is 1. The molecule has 0 bridgehead atoms. The zero-order valence-electron chi connectivity index (χ0n) is 13.9. The molecule has 25 heavy (non-hydrogen) atoms. The van der Waals surface area contributed by atoms with Gasteiger partial charge in [-0.25, -0.2) is 0 Å².